The van der Waals surface area contributed by atoms with Crippen LogP contribution >= 0.6 is 0 Å². The lowest BCUT2D eigenvalue weighted by molar-refractivity contribution is -0.386. The SMILES string of the molecule is Cc1cn([C@H]2C[C@H](OCc3ccccc3[N+](=O)[O-])[C@@H](CO[Si](C)(C)C(C)(C)C)O2)c(=O)n(C(=O)c2ccccc2)c1=O. The lowest BCUT2D eigenvalue weighted by Gasteiger charge is -2.37. The lowest BCUT2D eigenvalue weighted by Crippen LogP contribution is -2.45. The Morgan fingerprint density at radius 1 is 1.10 bits per heavy atom. The predicted molar refractivity (Wildman–Crippen MR) is 159 cm³/mol. The van der Waals surface area contributed by atoms with E-state index in [4.69, 9.17) is 13.9 Å². The maximum atomic E-state index is 13.6. The second-order valence-corrected chi connectivity index (χ2v) is 16.8. The molecule has 1 saturated heterocycles. The van der Waals surface area contributed by atoms with Crippen molar-refractivity contribution < 1.29 is 23.6 Å². The standard InChI is InChI=1S/C30H37N3O8Si/c1-20-17-31(29(36)32(27(20)34)28(35)21-12-8-7-9-13-21)26-16-24(25(41-26)19-40-42(5,6)30(2,3)4)39-18-22-14-10-11-15-23(22)33(37)38/h7-15,17,24-26H,16,18-19H2,1-6H3/t24-,25+,26+/m0/s1. The van der Waals surface area contributed by atoms with Crippen LogP contribution in [0.4, 0.5) is 5.69 Å². The third-order valence-electron chi connectivity index (χ3n) is 8.06. The molecule has 3 aromatic rings. The van der Waals surface area contributed by atoms with Crippen molar-refractivity contribution in [2.75, 3.05) is 6.61 Å². The lowest BCUT2D eigenvalue weighted by atomic mass is 10.1. The van der Waals surface area contributed by atoms with Crippen molar-refractivity contribution >= 4 is 19.9 Å². The Balaban J connectivity index is 1.66. The van der Waals surface area contributed by atoms with Gasteiger partial charge in [0, 0.05) is 29.8 Å². The molecule has 3 atom stereocenters. The van der Waals surface area contributed by atoms with Gasteiger partial charge in [-0.05, 0) is 43.3 Å². The highest BCUT2D eigenvalue weighted by molar-refractivity contribution is 6.74. The number of carbonyl (C=O) groups excluding carboxylic acids is 1. The number of nitro groups is 1. The van der Waals surface area contributed by atoms with Crippen molar-refractivity contribution in [2.45, 2.75) is 77.3 Å². The highest BCUT2D eigenvalue weighted by Gasteiger charge is 2.42. The number of aromatic nitrogens is 2. The van der Waals surface area contributed by atoms with Crippen LogP contribution in [0, 0.1) is 17.0 Å². The summed E-state index contributed by atoms with van der Waals surface area (Å²) in [5.41, 5.74) is -0.781. The number of para-hydroxylation sites is 1. The van der Waals surface area contributed by atoms with E-state index in [-0.39, 0.29) is 41.5 Å². The molecule has 0 amide bonds. The van der Waals surface area contributed by atoms with E-state index in [1.54, 1.807) is 36.4 Å². The number of benzene rings is 2. The second-order valence-electron chi connectivity index (χ2n) is 12.0. The number of rotatable bonds is 9. The fourth-order valence-electron chi connectivity index (χ4n) is 4.50. The minimum Gasteiger partial charge on any atom is -0.414 e. The van der Waals surface area contributed by atoms with Crippen LogP contribution in [0.25, 0.3) is 0 Å². The van der Waals surface area contributed by atoms with E-state index < -0.39 is 48.8 Å². The van der Waals surface area contributed by atoms with Crippen molar-refractivity contribution in [3.8, 4) is 0 Å². The second kappa shape index (κ2) is 12.3. The summed E-state index contributed by atoms with van der Waals surface area (Å²) in [6, 6.07) is 14.4. The van der Waals surface area contributed by atoms with Crippen LogP contribution < -0.4 is 11.2 Å². The van der Waals surface area contributed by atoms with Gasteiger partial charge in [0.05, 0.1) is 29.8 Å². The topological polar surface area (TPSA) is 132 Å². The van der Waals surface area contributed by atoms with Gasteiger partial charge in [0.25, 0.3) is 17.2 Å². The number of ether oxygens (including phenoxy) is 2. The maximum absolute atomic E-state index is 13.6. The van der Waals surface area contributed by atoms with Gasteiger partial charge >= 0.3 is 5.69 Å². The average molecular weight is 596 g/mol. The van der Waals surface area contributed by atoms with E-state index in [0.717, 1.165) is 0 Å². The summed E-state index contributed by atoms with van der Waals surface area (Å²) in [5.74, 6) is -0.733. The maximum Gasteiger partial charge on any atom is 0.340 e. The molecule has 11 nitrogen and oxygen atoms in total. The zero-order valence-corrected chi connectivity index (χ0v) is 25.7. The van der Waals surface area contributed by atoms with Gasteiger partial charge in [-0.3, -0.25) is 24.3 Å². The average Bonchev–Trinajstić information content (AvgIpc) is 3.35. The first-order valence-electron chi connectivity index (χ1n) is 13.8. The Labute approximate surface area is 244 Å². The number of carbonyl (C=O) groups is 1. The molecular formula is C30H37N3O8Si. The van der Waals surface area contributed by atoms with E-state index in [2.05, 4.69) is 33.9 Å². The van der Waals surface area contributed by atoms with Crippen molar-refractivity contribution in [1.29, 1.82) is 0 Å². The summed E-state index contributed by atoms with van der Waals surface area (Å²) in [4.78, 5) is 50.8. The van der Waals surface area contributed by atoms with Crippen LogP contribution in [0.2, 0.25) is 18.1 Å². The molecule has 12 heteroatoms. The number of hydrogen-bond acceptors (Lipinski definition) is 8. The summed E-state index contributed by atoms with van der Waals surface area (Å²) in [6.45, 7) is 12.3. The molecule has 0 N–H and O–H groups in total. The van der Waals surface area contributed by atoms with E-state index in [0.29, 0.717) is 10.1 Å². The smallest absolute Gasteiger partial charge is 0.340 e. The number of aryl methyl sites for hydroxylation is 1. The molecule has 1 fully saturated rings. The number of hydrogen-bond donors (Lipinski definition) is 0. The van der Waals surface area contributed by atoms with Gasteiger partial charge < -0.3 is 13.9 Å². The molecule has 0 unspecified atom stereocenters. The van der Waals surface area contributed by atoms with Crippen molar-refractivity contribution in [3.05, 3.63) is 108 Å². The zero-order valence-electron chi connectivity index (χ0n) is 24.7. The molecule has 0 aliphatic carbocycles. The summed E-state index contributed by atoms with van der Waals surface area (Å²) in [5, 5.41) is 11.5. The highest BCUT2D eigenvalue weighted by atomic mass is 28.4. The van der Waals surface area contributed by atoms with Gasteiger partial charge in [0.1, 0.15) is 12.3 Å². The van der Waals surface area contributed by atoms with Crippen molar-refractivity contribution in [3.63, 3.8) is 0 Å². The molecule has 0 bridgehead atoms. The molecule has 0 radical (unpaired) electrons. The molecule has 2 aromatic carbocycles. The van der Waals surface area contributed by atoms with Gasteiger partial charge in [0.15, 0.2) is 8.32 Å². The van der Waals surface area contributed by atoms with Gasteiger partial charge in [-0.15, -0.1) is 0 Å². The summed E-state index contributed by atoms with van der Waals surface area (Å²) < 4.78 is 20.8. The molecule has 1 aromatic heterocycles. The van der Waals surface area contributed by atoms with Crippen LogP contribution in [0.1, 0.15) is 54.9 Å². The fourth-order valence-corrected chi connectivity index (χ4v) is 5.52. The highest BCUT2D eigenvalue weighted by Crippen LogP contribution is 2.38. The largest absolute Gasteiger partial charge is 0.414 e. The van der Waals surface area contributed by atoms with Gasteiger partial charge in [0.2, 0.25) is 0 Å². The van der Waals surface area contributed by atoms with Crippen LogP contribution in [-0.4, -0.2) is 47.1 Å². The number of nitrogens with zero attached hydrogens (tertiary/aromatic N) is 3. The number of nitro benzene ring substituents is 1. The monoisotopic (exact) mass is 595 g/mol. The first kappa shape index (κ1) is 31.2. The molecule has 0 spiro atoms. The molecule has 42 heavy (non-hydrogen) atoms. The summed E-state index contributed by atoms with van der Waals surface area (Å²) in [7, 11) is -2.19. The Kier molecular flexibility index (Phi) is 9.11. The van der Waals surface area contributed by atoms with Crippen LogP contribution in [0.5, 0.6) is 0 Å². The molecule has 1 aliphatic rings. The minimum atomic E-state index is -2.19. The fraction of sp³-hybridized carbons (Fsp3) is 0.433. The first-order chi connectivity index (χ1) is 19.7. The molecular weight excluding hydrogens is 558 g/mol. The van der Waals surface area contributed by atoms with E-state index in [9.17, 15) is 24.5 Å². The summed E-state index contributed by atoms with van der Waals surface area (Å²) in [6.07, 6.45) is -0.472. The molecule has 0 saturated carbocycles. The quantitative estimate of drug-likeness (QED) is 0.196. The molecule has 4 rings (SSSR count). The Hall–Kier alpha value is -3.71. The minimum absolute atomic E-state index is 0.0472. The normalized spacial score (nSPS) is 19.1. The van der Waals surface area contributed by atoms with E-state index in [1.807, 2.05) is 0 Å². The van der Waals surface area contributed by atoms with Crippen molar-refractivity contribution in [1.82, 2.24) is 9.13 Å². The first-order valence-corrected chi connectivity index (χ1v) is 16.7. The predicted octanol–water partition coefficient (Wildman–Crippen LogP) is 4.81. The third-order valence-corrected chi connectivity index (χ3v) is 12.6. The molecule has 2 heterocycles. The van der Waals surface area contributed by atoms with Crippen LogP contribution in [-0.2, 0) is 20.5 Å². The Bertz CT molecular complexity index is 1580. The Morgan fingerprint density at radius 2 is 1.74 bits per heavy atom. The van der Waals surface area contributed by atoms with E-state index in [1.165, 1.54) is 35.9 Å². The Morgan fingerprint density at radius 3 is 2.38 bits per heavy atom. The van der Waals surface area contributed by atoms with Crippen LogP contribution in [0.3, 0.4) is 0 Å². The van der Waals surface area contributed by atoms with Gasteiger partial charge in [-0.25, -0.2) is 4.79 Å². The van der Waals surface area contributed by atoms with Gasteiger partial charge in [-0.2, -0.15) is 4.57 Å². The third kappa shape index (κ3) is 6.51. The summed E-state index contributed by atoms with van der Waals surface area (Å²) >= 11 is 0. The van der Waals surface area contributed by atoms with Crippen LogP contribution in [0.15, 0.2) is 70.4 Å². The van der Waals surface area contributed by atoms with Gasteiger partial charge in [-0.1, -0.05) is 51.1 Å². The zero-order chi connectivity index (χ0) is 30.8. The molecule has 224 valence electrons. The van der Waals surface area contributed by atoms with E-state index >= 15 is 0 Å². The van der Waals surface area contributed by atoms with Crippen molar-refractivity contribution in [2.24, 2.45) is 0 Å². The molecule has 1 aliphatic heterocycles.